The predicted molar refractivity (Wildman–Crippen MR) is 265 cm³/mol. The zero-order chi connectivity index (χ0) is 54.5. The number of carbonyl (C=O) groups excluding carboxylic acids is 5. The smallest absolute Gasteiger partial charge is 0.485 e. The van der Waals surface area contributed by atoms with E-state index < -0.39 is 86.4 Å². The maximum atomic E-state index is 14.3. The summed E-state index contributed by atoms with van der Waals surface area (Å²) in [6.45, 7) is 4.07. The number of hydrogen-bond donors (Lipinski definition) is 1. The van der Waals surface area contributed by atoms with Crippen LogP contribution in [0.15, 0.2) is 127 Å². The number of urea groups is 2. The number of pyridine rings is 2. The van der Waals surface area contributed by atoms with Crippen LogP contribution in [0, 0.1) is 0 Å². The summed E-state index contributed by atoms with van der Waals surface area (Å²) in [6.07, 6.45) is 2.17. The van der Waals surface area contributed by atoms with Gasteiger partial charge in [0.2, 0.25) is 0 Å². The number of aromatic nitrogens is 2. The van der Waals surface area contributed by atoms with Gasteiger partial charge < -0.3 is 29.5 Å². The molecule has 6 aromatic rings. The average molecular weight is 1070 g/mol. The minimum absolute atomic E-state index is 0.0882. The van der Waals surface area contributed by atoms with E-state index in [-0.39, 0.29) is 34.8 Å². The van der Waals surface area contributed by atoms with E-state index in [9.17, 15) is 58.7 Å². The highest BCUT2D eigenvalue weighted by Gasteiger charge is 2.54. The van der Waals surface area contributed by atoms with Gasteiger partial charge in [-0.15, -0.1) is 13.2 Å². The average Bonchev–Trinajstić information content (AvgIpc) is 3.77. The second kappa shape index (κ2) is 20.1. The zero-order valence-electron chi connectivity index (χ0n) is 40.6. The van der Waals surface area contributed by atoms with Gasteiger partial charge in [-0.05, 0) is 136 Å². The number of nitrogens with one attached hydrogen (secondary N) is 1. The zero-order valence-corrected chi connectivity index (χ0v) is 41.4. The van der Waals surface area contributed by atoms with E-state index in [1.165, 1.54) is 74.6 Å². The summed E-state index contributed by atoms with van der Waals surface area (Å²) in [4.78, 5) is 83.1. The highest BCUT2D eigenvalue weighted by atomic mass is 32.2. The van der Waals surface area contributed by atoms with E-state index in [4.69, 9.17) is 4.74 Å². The number of piperidine rings is 1. The Hall–Kier alpha value is -8.28. The third kappa shape index (κ3) is 10.3. The third-order valence-electron chi connectivity index (χ3n) is 13.4. The maximum absolute atomic E-state index is 14.3. The van der Waals surface area contributed by atoms with Gasteiger partial charge in [0.05, 0.1) is 33.9 Å². The fourth-order valence-electron chi connectivity index (χ4n) is 9.37. The summed E-state index contributed by atoms with van der Waals surface area (Å²) in [7, 11) is -4.27. The van der Waals surface area contributed by atoms with Crippen molar-refractivity contribution in [2.45, 2.75) is 74.0 Å². The largest absolute Gasteiger partial charge is 0.573 e. The number of anilines is 4. The lowest BCUT2D eigenvalue weighted by molar-refractivity contribution is -0.274. The molecule has 7 amide bonds. The number of benzene rings is 4. The first-order chi connectivity index (χ1) is 35.9. The van der Waals surface area contributed by atoms with E-state index in [2.05, 4.69) is 24.9 Å². The van der Waals surface area contributed by atoms with Crippen molar-refractivity contribution in [2.24, 2.45) is 0 Å². The summed E-state index contributed by atoms with van der Waals surface area (Å²) >= 11 is 0. The van der Waals surface area contributed by atoms with Crippen LogP contribution < -0.4 is 34.4 Å². The molecule has 76 heavy (non-hydrogen) atoms. The van der Waals surface area contributed by atoms with Gasteiger partial charge in [0.1, 0.15) is 29.2 Å². The number of imide groups is 2. The molecule has 3 saturated heterocycles. The molecule has 396 valence electrons. The molecule has 24 heteroatoms. The molecule has 3 aliphatic heterocycles. The Balaban J connectivity index is 0.965. The van der Waals surface area contributed by atoms with E-state index >= 15 is 0 Å². The molecule has 2 aromatic heterocycles. The van der Waals surface area contributed by atoms with Crippen molar-refractivity contribution in [3.63, 3.8) is 0 Å². The predicted octanol–water partition coefficient (Wildman–Crippen LogP) is 9.12. The number of halogens is 6. The van der Waals surface area contributed by atoms with Crippen LogP contribution in [0.3, 0.4) is 0 Å². The van der Waals surface area contributed by atoms with Gasteiger partial charge in [-0.3, -0.25) is 24.4 Å². The molecule has 9 rings (SSSR count). The molecule has 17 nitrogen and oxygen atoms in total. The van der Waals surface area contributed by atoms with Crippen LogP contribution in [0.2, 0.25) is 0 Å². The molecule has 0 bridgehead atoms. The molecule has 5 heterocycles. The second-order valence-corrected chi connectivity index (χ2v) is 20.5. The molecule has 3 aliphatic rings. The molecule has 2 unspecified atom stereocenters. The van der Waals surface area contributed by atoms with Gasteiger partial charge in [0.25, 0.3) is 27.6 Å². The van der Waals surface area contributed by atoms with Crippen LogP contribution in [0.5, 0.6) is 11.5 Å². The second-order valence-electron chi connectivity index (χ2n) is 18.6. The first-order valence-corrected chi connectivity index (χ1v) is 25.1. The van der Waals surface area contributed by atoms with Crippen molar-refractivity contribution in [2.75, 3.05) is 46.3 Å². The van der Waals surface area contributed by atoms with Gasteiger partial charge >= 0.3 is 23.9 Å². The van der Waals surface area contributed by atoms with Crippen LogP contribution in [0.25, 0.3) is 10.9 Å². The quantitative estimate of drug-likeness (QED) is 0.0805. The number of rotatable bonds is 14. The Morgan fingerprint density at radius 1 is 0.803 bits per heavy atom. The normalized spacial score (nSPS) is 17.6. The topological polar surface area (TPSA) is 192 Å². The van der Waals surface area contributed by atoms with Gasteiger partial charge in [0.15, 0.2) is 0 Å². The van der Waals surface area contributed by atoms with Crippen molar-refractivity contribution in [1.82, 2.24) is 20.2 Å². The Kier molecular flexibility index (Phi) is 13.9. The SMILES string of the molecule is CN(C(=O)c1cnccc1C(Cc1ccnc2cc(N3CCCCC3)ccc12)Oc1ccc(N2C(=O)NC(CN3C(=O)N(c4ccc(S(=O)(=O)C(F)(F)F)cc4)C(=O)C3(C)C)C2=O)cc1)c1ccc(OC(F)(F)F)cc1. The lowest BCUT2D eigenvalue weighted by atomic mass is 9.95. The first kappa shape index (κ1) is 52.6. The summed E-state index contributed by atoms with van der Waals surface area (Å²) in [5.41, 5.74) is -4.05. The van der Waals surface area contributed by atoms with Gasteiger partial charge in [-0.2, -0.15) is 13.2 Å². The van der Waals surface area contributed by atoms with Crippen LogP contribution in [-0.2, 0) is 25.8 Å². The molecule has 0 aliphatic carbocycles. The van der Waals surface area contributed by atoms with Gasteiger partial charge in [0, 0.05) is 67.5 Å². The van der Waals surface area contributed by atoms with Crippen molar-refractivity contribution in [1.29, 1.82) is 0 Å². The fraction of sp³-hybridized carbons (Fsp3) is 0.288. The lowest BCUT2D eigenvalue weighted by Gasteiger charge is -2.29. The molecule has 1 N–H and O–H groups in total. The van der Waals surface area contributed by atoms with E-state index in [0.717, 1.165) is 88.6 Å². The number of amides is 7. The van der Waals surface area contributed by atoms with Gasteiger partial charge in [-0.1, -0.05) is 6.07 Å². The molecule has 2 atom stereocenters. The van der Waals surface area contributed by atoms with Crippen LogP contribution >= 0.6 is 0 Å². The highest BCUT2D eigenvalue weighted by Crippen LogP contribution is 2.38. The number of nitrogens with zero attached hydrogens (tertiary/aromatic N) is 7. The number of hydrogen-bond acceptors (Lipinski definition) is 12. The Morgan fingerprint density at radius 3 is 2.09 bits per heavy atom. The minimum atomic E-state index is -5.72. The first-order valence-electron chi connectivity index (χ1n) is 23.6. The number of ether oxygens (including phenoxy) is 2. The third-order valence-corrected chi connectivity index (χ3v) is 14.9. The molecule has 4 aromatic carbocycles. The molecular formula is C52H46F6N8O9S. The van der Waals surface area contributed by atoms with E-state index in [1.807, 2.05) is 24.3 Å². The number of carbonyl (C=O) groups is 5. The Bertz CT molecular complexity index is 3360. The number of alkyl halides is 6. The minimum Gasteiger partial charge on any atom is -0.485 e. The lowest BCUT2D eigenvalue weighted by Crippen LogP contribution is -2.51. The molecule has 3 fully saturated rings. The fourth-order valence-corrected chi connectivity index (χ4v) is 10.1. The standard InChI is InChI=1S/C52H46F6N8O9S/c1-50(2)47(69)66(34-11-18-38(19-12-34)76(72,73)52(56,57)58)49(71)64(50)30-43-46(68)65(48(70)61-43)33-9-14-36(15-10-33)74-44(27-31-21-24-60-42-28-35(13-20-39(31)42)63-25-5-4-6-26-63)40-22-23-59-29-41(40)45(67)62(3)32-7-16-37(17-8-32)75-51(53,54)55/h7-24,28-29,43-44H,4-6,25-27,30H2,1-3H3,(H,61,70). The number of sulfone groups is 1. The van der Waals surface area contributed by atoms with Crippen molar-refractivity contribution < 1.29 is 68.2 Å². The van der Waals surface area contributed by atoms with Crippen LogP contribution in [0.4, 0.5) is 58.7 Å². The molecule has 0 radical (unpaired) electrons. The Morgan fingerprint density at radius 2 is 1.43 bits per heavy atom. The van der Waals surface area contributed by atoms with Crippen LogP contribution in [-0.4, -0.2) is 103 Å². The maximum Gasteiger partial charge on any atom is 0.573 e. The Labute approximate surface area is 430 Å². The van der Waals surface area contributed by atoms with Gasteiger partial charge in [-0.25, -0.2) is 27.8 Å². The van der Waals surface area contributed by atoms with Crippen molar-refractivity contribution in [3.8, 4) is 11.5 Å². The molecular weight excluding hydrogens is 1030 g/mol. The summed E-state index contributed by atoms with van der Waals surface area (Å²) in [5.74, 6) is -2.44. The monoisotopic (exact) mass is 1070 g/mol. The highest BCUT2D eigenvalue weighted by molar-refractivity contribution is 7.92. The molecule has 0 spiro atoms. The summed E-state index contributed by atoms with van der Waals surface area (Å²) in [6, 6.07) is 19.9. The number of fused-ring (bicyclic) bond motifs is 1. The van der Waals surface area contributed by atoms with Crippen molar-refractivity contribution >= 4 is 73.3 Å². The summed E-state index contributed by atoms with van der Waals surface area (Å²) in [5, 5.41) is 3.36. The van der Waals surface area contributed by atoms with Crippen LogP contribution in [0.1, 0.15) is 60.7 Å². The summed E-state index contributed by atoms with van der Waals surface area (Å²) < 4.78 is 113. The van der Waals surface area contributed by atoms with E-state index in [1.54, 1.807) is 12.3 Å². The van der Waals surface area contributed by atoms with Crippen molar-refractivity contribution in [3.05, 3.63) is 138 Å². The molecule has 0 saturated carbocycles. The van der Waals surface area contributed by atoms with E-state index in [0.29, 0.717) is 22.6 Å².